The van der Waals surface area contributed by atoms with E-state index in [-0.39, 0.29) is 11.3 Å². The molecule has 0 saturated carbocycles. The lowest BCUT2D eigenvalue weighted by molar-refractivity contribution is 0.0937. The SMILES string of the molecule is Cc1ccc(O)c(C(=O)N[C@H](C)c2ccc(F)c(F)c2)c1. The molecule has 0 bridgehead atoms. The van der Waals surface area contributed by atoms with E-state index >= 15 is 0 Å². The number of rotatable bonds is 3. The molecule has 0 unspecified atom stereocenters. The third kappa shape index (κ3) is 3.37. The number of phenolic OH excluding ortho intramolecular Hbond substituents is 1. The molecule has 0 aliphatic heterocycles. The lowest BCUT2D eigenvalue weighted by Gasteiger charge is -2.15. The Morgan fingerprint density at radius 2 is 1.86 bits per heavy atom. The molecule has 5 heteroatoms. The first-order chi connectivity index (χ1) is 9.88. The van der Waals surface area contributed by atoms with Gasteiger partial charge in [-0.15, -0.1) is 0 Å². The third-order valence-electron chi connectivity index (χ3n) is 3.19. The van der Waals surface area contributed by atoms with E-state index in [0.717, 1.165) is 17.7 Å². The van der Waals surface area contributed by atoms with Gasteiger partial charge in [-0.2, -0.15) is 0 Å². The first-order valence-corrected chi connectivity index (χ1v) is 6.44. The van der Waals surface area contributed by atoms with Gasteiger partial charge < -0.3 is 10.4 Å². The van der Waals surface area contributed by atoms with Gasteiger partial charge in [0.2, 0.25) is 0 Å². The van der Waals surface area contributed by atoms with Gasteiger partial charge in [-0.1, -0.05) is 17.7 Å². The van der Waals surface area contributed by atoms with E-state index in [1.165, 1.54) is 12.1 Å². The summed E-state index contributed by atoms with van der Waals surface area (Å²) in [5.74, 6) is -2.51. The third-order valence-corrected chi connectivity index (χ3v) is 3.19. The fraction of sp³-hybridized carbons (Fsp3) is 0.188. The molecular formula is C16H15F2NO2. The summed E-state index contributed by atoms with van der Waals surface area (Å²) in [7, 11) is 0. The van der Waals surface area contributed by atoms with Crippen molar-refractivity contribution in [1.82, 2.24) is 5.32 Å². The summed E-state index contributed by atoms with van der Waals surface area (Å²) in [6, 6.07) is 7.61. The van der Waals surface area contributed by atoms with Crippen LogP contribution in [0, 0.1) is 18.6 Å². The minimum atomic E-state index is -0.966. The normalized spacial score (nSPS) is 12.0. The molecule has 2 aromatic carbocycles. The van der Waals surface area contributed by atoms with Gasteiger partial charge in [0.25, 0.3) is 5.91 Å². The smallest absolute Gasteiger partial charge is 0.255 e. The minimum Gasteiger partial charge on any atom is -0.507 e. The van der Waals surface area contributed by atoms with Gasteiger partial charge in [0.05, 0.1) is 11.6 Å². The number of aromatic hydroxyl groups is 1. The van der Waals surface area contributed by atoms with E-state index in [2.05, 4.69) is 5.32 Å². The molecule has 0 heterocycles. The monoisotopic (exact) mass is 291 g/mol. The van der Waals surface area contributed by atoms with Crippen molar-refractivity contribution in [2.75, 3.05) is 0 Å². The summed E-state index contributed by atoms with van der Waals surface area (Å²) in [6.45, 7) is 3.45. The summed E-state index contributed by atoms with van der Waals surface area (Å²) < 4.78 is 26.1. The predicted octanol–water partition coefficient (Wildman–Crippen LogP) is 3.47. The summed E-state index contributed by atoms with van der Waals surface area (Å²) in [6.07, 6.45) is 0. The van der Waals surface area contributed by atoms with Crippen molar-refractivity contribution in [3.63, 3.8) is 0 Å². The minimum absolute atomic E-state index is 0.129. The van der Waals surface area contributed by atoms with Gasteiger partial charge >= 0.3 is 0 Å². The summed E-state index contributed by atoms with van der Waals surface area (Å²) in [4.78, 5) is 12.1. The molecule has 2 rings (SSSR count). The molecule has 1 amide bonds. The van der Waals surface area contributed by atoms with Crippen molar-refractivity contribution < 1.29 is 18.7 Å². The van der Waals surface area contributed by atoms with Crippen LogP contribution in [0.1, 0.15) is 34.5 Å². The molecule has 2 aromatic rings. The molecule has 3 nitrogen and oxygen atoms in total. The predicted molar refractivity (Wildman–Crippen MR) is 75.1 cm³/mol. The second-order valence-electron chi connectivity index (χ2n) is 4.89. The number of nitrogens with one attached hydrogen (secondary N) is 1. The maximum absolute atomic E-state index is 13.2. The van der Waals surface area contributed by atoms with Crippen LogP contribution in [0.25, 0.3) is 0 Å². The first-order valence-electron chi connectivity index (χ1n) is 6.44. The fourth-order valence-corrected chi connectivity index (χ4v) is 1.97. The van der Waals surface area contributed by atoms with Crippen LogP contribution >= 0.6 is 0 Å². The Hall–Kier alpha value is -2.43. The molecule has 0 aromatic heterocycles. The molecule has 1 atom stereocenters. The molecule has 2 N–H and O–H groups in total. The van der Waals surface area contributed by atoms with Crippen LogP contribution in [-0.2, 0) is 0 Å². The second kappa shape index (κ2) is 5.91. The van der Waals surface area contributed by atoms with E-state index in [0.29, 0.717) is 5.56 Å². The topological polar surface area (TPSA) is 49.3 Å². The van der Waals surface area contributed by atoms with Crippen LogP contribution < -0.4 is 5.32 Å². The first kappa shape index (κ1) is 15.0. The van der Waals surface area contributed by atoms with E-state index in [1.807, 2.05) is 0 Å². The van der Waals surface area contributed by atoms with E-state index < -0.39 is 23.6 Å². The summed E-state index contributed by atoms with van der Waals surface area (Å²) in [5, 5.41) is 12.3. The molecular weight excluding hydrogens is 276 g/mol. The Bertz CT molecular complexity index is 686. The van der Waals surface area contributed by atoms with Crippen LogP contribution in [-0.4, -0.2) is 11.0 Å². The van der Waals surface area contributed by atoms with Crippen molar-refractivity contribution in [2.24, 2.45) is 0 Å². The van der Waals surface area contributed by atoms with Crippen molar-refractivity contribution in [1.29, 1.82) is 0 Å². The van der Waals surface area contributed by atoms with Gasteiger partial charge in [0, 0.05) is 0 Å². The van der Waals surface area contributed by atoms with Gasteiger partial charge in [0.1, 0.15) is 5.75 Å². The zero-order valence-electron chi connectivity index (χ0n) is 11.7. The van der Waals surface area contributed by atoms with Crippen LogP contribution in [0.3, 0.4) is 0 Å². The van der Waals surface area contributed by atoms with E-state index in [9.17, 15) is 18.7 Å². The Morgan fingerprint density at radius 3 is 2.52 bits per heavy atom. The van der Waals surface area contributed by atoms with Crippen LogP contribution in [0.5, 0.6) is 5.75 Å². The zero-order chi connectivity index (χ0) is 15.6. The van der Waals surface area contributed by atoms with Gasteiger partial charge in [-0.3, -0.25) is 4.79 Å². The Labute approximate surface area is 121 Å². The average Bonchev–Trinajstić information content (AvgIpc) is 2.44. The Balaban J connectivity index is 2.18. The molecule has 0 fully saturated rings. The van der Waals surface area contributed by atoms with Crippen LogP contribution in [0.4, 0.5) is 8.78 Å². The lowest BCUT2D eigenvalue weighted by atomic mass is 10.1. The zero-order valence-corrected chi connectivity index (χ0v) is 11.7. The highest BCUT2D eigenvalue weighted by atomic mass is 19.2. The number of hydrogen-bond acceptors (Lipinski definition) is 2. The molecule has 0 radical (unpaired) electrons. The highest BCUT2D eigenvalue weighted by molar-refractivity contribution is 5.97. The number of carbonyl (C=O) groups is 1. The standard InChI is InChI=1S/C16H15F2NO2/c1-9-3-6-15(20)12(7-9)16(21)19-10(2)11-4-5-13(17)14(18)8-11/h3-8,10,20H,1-2H3,(H,19,21)/t10-/m1/s1. The number of carbonyl (C=O) groups excluding carboxylic acids is 1. The fourth-order valence-electron chi connectivity index (χ4n) is 1.97. The number of hydrogen-bond donors (Lipinski definition) is 2. The largest absolute Gasteiger partial charge is 0.507 e. The molecule has 21 heavy (non-hydrogen) atoms. The van der Waals surface area contributed by atoms with Crippen molar-refractivity contribution in [3.05, 3.63) is 64.7 Å². The highest BCUT2D eigenvalue weighted by Gasteiger charge is 2.16. The highest BCUT2D eigenvalue weighted by Crippen LogP contribution is 2.21. The molecule has 110 valence electrons. The molecule has 0 saturated heterocycles. The molecule has 0 aliphatic rings. The van der Waals surface area contributed by atoms with Crippen molar-refractivity contribution >= 4 is 5.91 Å². The van der Waals surface area contributed by atoms with Crippen LogP contribution in [0.2, 0.25) is 0 Å². The number of aryl methyl sites for hydroxylation is 1. The number of amides is 1. The van der Waals surface area contributed by atoms with Crippen molar-refractivity contribution in [2.45, 2.75) is 19.9 Å². The van der Waals surface area contributed by atoms with Gasteiger partial charge in [0.15, 0.2) is 11.6 Å². The summed E-state index contributed by atoms with van der Waals surface area (Å²) in [5.41, 5.74) is 1.41. The quantitative estimate of drug-likeness (QED) is 0.909. The Morgan fingerprint density at radius 1 is 1.14 bits per heavy atom. The van der Waals surface area contributed by atoms with E-state index in [4.69, 9.17) is 0 Å². The number of phenols is 1. The summed E-state index contributed by atoms with van der Waals surface area (Å²) >= 11 is 0. The average molecular weight is 291 g/mol. The lowest BCUT2D eigenvalue weighted by Crippen LogP contribution is -2.26. The van der Waals surface area contributed by atoms with Gasteiger partial charge in [-0.25, -0.2) is 8.78 Å². The maximum Gasteiger partial charge on any atom is 0.255 e. The molecule has 0 aliphatic carbocycles. The van der Waals surface area contributed by atoms with Crippen LogP contribution in [0.15, 0.2) is 36.4 Å². The number of benzene rings is 2. The maximum atomic E-state index is 13.2. The second-order valence-corrected chi connectivity index (χ2v) is 4.89. The molecule has 0 spiro atoms. The van der Waals surface area contributed by atoms with Crippen molar-refractivity contribution in [3.8, 4) is 5.75 Å². The van der Waals surface area contributed by atoms with Gasteiger partial charge in [-0.05, 0) is 43.7 Å². The van der Waals surface area contributed by atoms with E-state index in [1.54, 1.807) is 26.0 Å². The number of halogens is 2. The Kier molecular flexibility index (Phi) is 4.21.